The molecule has 104 valence electrons. The summed E-state index contributed by atoms with van der Waals surface area (Å²) in [6.07, 6.45) is 0. The summed E-state index contributed by atoms with van der Waals surface area (Å²) in [5.41, 5.74) is -0.402. The molecule has 0 aliphatic rings. The number of hydrogen-bond donors (Lipinski definition) is 0. The molecule has 2 rings (SSSR count). The maximum atomic E-state index is 11.0. The minimum atomic E-state index is -0.731. The monoisotopic (exact) mass is 316 g/mol. The van der Waals surface area contributed by atoms with E-state index in [1.54, 1.807) is 6.92 Å². The SMILES string of the molecule is Cc1c(Cl)c(Cl)nn1-c1ccc([N+](=O)[O-])cc1[N+](=O)[O-]. The topological polar surface area (TPSA) is 104 Å². The molecular formula is C10H6Cl2N4O4. The Kier molecular flexibility index (Phi) is 3.60. The molecule has 1 aromatic heterocycles. The number of rotatable bonds is 3. The van der Waals surface area contributed by atoms with Crippen LogP contribution < -0.4 is 0 Å². The average Bonchev–Trinajstić information content (AvgIpc) is 2.65. The second kappa shape index (κ2) is 5.06. The van der Waals surface area contributed by atoms with Gasteiger partial charge in [0.25, 0.3) is 5.69 Å². The zero-order valence-corrected chi connectivity index (χ0v) is 11.4. The molecule has 20 heavy (non-hydrogen) atoms. The van der Waals surface area contributed by atoms with Crippen molar-refractivity contribution in [3.05, 3.63) is 54.3 Å². The van der Waals surface area contributed by atoms with Crippen molar-refractivity contribution in [1.29, 1.82) is 0 Å². The molecule has 0 atom stereocenters. The Hall–Kier alpha value is -2.19. The molecule has 0 unspecified atom stereocenters. The van der Waals surface area contributed by atoms with Gasteiger partial charge in [0, 0.05) is 6.07 Å². The zero-order valence-electron chi connectivity index (χ0n) is 9.91. The van der Waals surface area contributed by atoms with Crippen LogP contribution in [0.2, 0.25) is 10.2 Å². The van der Waals surface area contributed by atoms with Gasteiger partial charge in [0.05, 0.1) is 21.6 Å². The largest absolute Gasteiger partial charge is 0.301 e. The van der Waals surface area contributed by atoms with Gasteiger partial charge >= 0.3 is 5.69 Å². The highest BCUT2D eigenvalue weighted by Gasteiger charge is 2.23. The Bertz CT molecular complexity index is 728. The predicted molar refractivity (Wildman–Crippen MR) is 71.6 cm³/mol. The lowest BCUT2D eigenvalue weighted by Crippen LogP contribution is -2.04. The van der Waals surface area contributed by atoms with Gasteiger partial charge in [0.15, 0.2) is 5.15 Å². The molecule has 1 heterocycles. The maximum absolute atomic E-state index is 11.0. The van der Waals surface area contributed by atoms with E-state index in [1.165, 1.54) is 10.7 Å². The smallest absolute Gasteiger partial charge is 0.258 e. The van der Waals surface area contributed by atoms with Gasteiger partial charge in [0.2, 0.25) is 0 Å². The average molecular weight is 317 g/mol. The van der Waals surface area contributed by atoms with Gasteiger partial charge in [-0.1, -0.05) is 23.2 Å². The summed E-state index contributed by atoms with van der Waals surface area (Å²) in [6.45, 7) is 1.58. The fourth-order valence-corrected chi connectivity index (χ4v) is 1.96. The van der Waals surface area contributed by atoms with Crippen LogP contribution in [0.1, 0.15) is 5.69 Å². The van der Waals surface area contributed by atoms with Crippen molar-refractivity contribution in [1.82, 2.24) is 9.78 Å². The summed E-state index contributed by atoms with van der Waals surface area (Å²) >= 11 is 11.6. The normalized spacial score (nSPS) is 10.6. The molecule has 0 aliphatic carbocycles. The third-order valence-electron chi connectivity index (χ3n) is 2.60. The van der Waals surface area contributed by atoms with Gasteiger partial charge in [-0.05, 0) is 13.0 Å². The van der Waals surface area contributed by atoms with Gasteiger partial charge in [-0.2, -0.15) is 5.10 Å². The van der Waals surface area contributed by atoms with Crippen molar-refractivity contribution < 1.29 is 9.85 Å². The number of nitro groups is 2. The lowest BCUT2D eigenvalue weighted by atomic mass is 10.2. The second-order valence-corrected chi connectivity index (χ2v) is 4.53. The molecule has 0 fully saturated rings. The standard InChI is InChI=1S/C10H6Cl2N4O4/c1-5-9(11)10(12)13-14(5)7-3-2-6(15(17)18)4-8(7)16(19)20/h2-4H,1H3. The van der Waals surface area contributed by atoms with Gasteiger partial charge in [-0.3, -0.25) is 20.2 Å². The van der Waals surface area contributed by atoms with Gasteiger partial charge in [-0.15, -0.1) is 0 Å². The Morgan fingerprint density at radius 2 is 1.85 bits per heavy atom. The molecule has 10 heteroatoms. The third-order valence-corrected chi connectivity index (χ3v) is 3.41. The zero-order chi connectivity index (χ0) is 15.0. The first-order chi connectivity index (χ1) is 9.32. The molecular weight excluding hydrogens is 311 g/mol. The van der Waals surface area contributed by atoms with E-state index >= 15 is 0 Å². The summed E-state index contributed by atoms with van der Waals surface area (Å²) in [6, 6.07) is 3.23. The Morgan fingerprint density at radius 3 is 2.30 bits per heavy atom. The number of benzene rings is 1. The molecule has 8 nitrogen and oxygen atoms in total. The van der Waals surface area contributed by atoms with Gasteiger partial charge in [0.1, 0.15) is 10.7 Å². The van der Waals surface area contributed by atoms with E-state index in [0.717, 1.165) is 12.1 Å². The van der Waals surface area contributed by atoms with E-state index in [4.69, 9.17) is 23.2 Å². The second-order valence-electron chi connectivity index (χ2n) is 3.79. The van der Waals surface area contributed by atoms with Crippen molar-refractivity contribution in [3.8, 4) is 5.69 Å². The van der Waals surface area contributed by atoms with E-state index in [-0.39, 0.29) is 21.6 Å². The quantitative estimate of drug-likeness (QED) is 0.638. The minimum Gasteiger partial charge on any atom is -0.258 e. The van der Waals surface area contributed by atoms with Crippen LogP contribution in [-0.4, -0.2) is 19.6 Å². The predicted octanol–water partition coefficient (Wildman–Crippen LogP) is 3.30. The Morgan fingerprint density at radius 1 is 1.20 bits per heavy atom. The molecule has 0 radical (unpaired) electrons. The summed E-state index contributed by atoms with van der Waals surface area (Å²) in [4.78, 5) is 20.3. The number of halogens is 2. The molecule has 2 aromatic rings. The summed E-state index contributed by atoms with van der Waals surface area (Å²) < 4.78 is 1.17. The van der Waals surface area contributed by atoms with Gasteiger partial charge < -0.3 is 0 Å². The Labute approximate surface area is 121 Å². The molecule has 0 amide bonds. The van der Waals surface area contributed by atoms with Crippen LogP contribution in [0.4, 0.5) is 11.4 Å². The van der Waals surface area contributed by atoms with E-state index in [1.807, 2.05) is 0 Å². The molecule has 0 N–H and O–H groups in total. The molecule has 0 saturated heterocycles. The fourth-order valence-electron chi connectivity index (χ4n) is 1.63. The molecule has 0 spiro atoms. The number of hydrogen-bond acceptors (Lipinski definition) is 5. The number of nitro benzene ring substituents is 2. The molecule has 0 bridgehead atoms. The van der Waals surface area contributed by atoms with Crippen molar-refractivity contribution in [2.75, 3.05) is 0 Å². The van der Waals surface area contributed by atoms with Crippen LogP contribution in [0.3, 0.4) is 0 Å². The van der Waals surface area contributed by atoms with Crippen LogP contribution in [0.5, 0.6) is 0 Å². The van der Waals surface area contributed by atoms with E-state index in [2.05, 4.69) is 5.10 Å². The lowest BCUT2D eigenvalue weighted by Gasteiger charge is -2.05. The number of non-ortho nitro benzene ring substituents is 1. The number of nitrogens with zero attached hydrogens (tertiary/aromatic N) is 4. The highest BCUT2D eigenvalue weighted by atomic mass is 35.5. The van der Waals surface area contributed by atoms with Crippen LogP contribution in [0.15, 0.2) is 18.2 Å². The maximum Gasteiger partial charge on any atom is 0.301 e. The van der Waals surface area contributed by atoms with E-state index < -0.39 is 15.5 Å². The highest BCUT2D eigenvalue weighted by Crippen LogP contribution is 2.32. The van der Waals surface area contributed by atoms with Crippen molar-refractivity contribution in [2.24, 2.45) is 0 Å². The first-order valence-electron chi connectivity index (χ1n) is 5.16. The first kappa shape index (κ1) is 14.2. The highest BCUT2D eigenvalue weighted by molar-refractivity contribution is 6.41. The van der Waals surface area contributed by atoms with Crippen LogP contribution in [0, 0.1) is 27.2 Å². The van der Waals surface area contributed by atoms with Crippen LogP contribution in [0.25, 0.3) is 5.69 Å². The van der Waals surface area contributed by atoms with E-state index in [0.29, 0.717) is 5.69 Å². The minimum absolute atomic E-state index is 0.00295. The van der Waals surface area contributed by atoms with Crippen molar-refractivity contribution in [2.45, 2.75) is 6.92 Å². The number of aromatic nitrogens is 2. The Balaban J connectivity index is 2.70. The summed E-state index contributed by atoms with van der Waals surface area (Å²) in [7, 11) is 0. The molecule has 0 aliphatic heterocycles. The molecule has 0 saturated carbocycles. The lowest BCUT2D eigenvalue weighted by molar-refractivity contribution is -0.394. The van der Waals surface area contributed by atoms with Crippen LogP contribution in [-0.2, 0) is 0 Å². The summed E-state index contributed by atoms with van der Waals surface area (Å²) in [5, 5.41) is 25.8. The first-order valence-corrected chi connectivity index (χ1v) is 5.92. The third kappa shape index (κ3) is 2.30. The van der Waals surface area contributed by atoms with Gasteiger partial charge in [-0.25, -0.2) is 4.68 Å². The van der Waals surface area contributed by atoms with Crippen LogP contribution >= 0.6 is 23.2 Å². The van der Waals surface area contributed by atoms with E-state index in [9.17, 15) is 20.2 Å². The van der Waals surface area contributed by atoms with Crippen molar-refractivity contribution >= 4 is 34.6 Å². The fraction of sp³-hybridized carbons (Fsp3) is 0.100. The molecule has 1 aromatic carbocycles. The van der Waals surface area contributed by atoms with Crippen molar-refractivity contribution in [3.63, 3.8) is 0 Å². The summed E-state index contributed by atoms with van der Waals surface area (Å²) in [5.74, 6) is 0.